The van der Waals surface area contributed by atoms with Crippen LogP contribution in [-0.4, -0.2) is 48.9 Å². The highest BCUT2D eigenvalue weighted by atomic mass is 32.2. The van der Waals surface area contributed by atoms with Crippen molar-refractivity contribution in [2.24, 2.45) is 0 Å². The molecule has 3 aromatic carbocycles. The van der Waals surface area contributed by atoms with E-state index in [4.69, 9.17) is 15.0 Å². The molecule has 1 fully saturated rings. The Bertz CT molecular complexity index is 1480. The number of para-hydroxylation sites is 1. The van der Waals surface area contributed by atoms with Crippen molar-refractivity contribution < 1.29 is 13.2 Å². The van der Waals surface area contributed by atoms with Gasteiger partial charge in [-0.15, -0.1) is 0 Å². The molecule has 0 spiro atoms. The van der Waals surface area contributed by atoms with Gasteiger partial charge in [0.1, 0.15) is 11.5 Å². The molecule has 36 heavy (non-hydrogen) atoms. The summed E-state index contributed by atoms with van der Waals surface area (Å²) in [5.41, 5.74) is 2.13. The normalized spacial score (nSPS) is 14.2. The Morgan fingerprint density at radius 3 is 2.14 bits per heavy atom. The highest BCUT2D eigenvalue weighted by Crippen LogP contribution is 2.26. The number of sulfonamides is 1. The number of nitrogens with zero attached hydrogens (tertiary/aromatic N) is 5. The van der Waals surface area contributed by atoms with Crippen LogP contribution < -0.4 is 9.64 Å². The number of ether oxygens (including phenoxy) is 1. The monoisotopic (exact) mass is 497 g/mol. The first-order chi connectivity index (χ1) is 17.5. The molecule has 0 radical (unpaired) electrons. The maximum atomic E-state index is 13.0. The number of hydrogen-bond donors (Lipinski definition) is 0. The molecule has 5 rings (SSSR count). The second kappa shape index (κ2) is 10.2. The average molecular weight is 498 g/mol. The van der Waals surface area contributed by atoms with Gasteiger partial charge in [0.2, 0.25) is 16.0 Å². The Hall–Kier alpha value is -4.26. The first kappa shape index (κ1) is 23.5. The van der Waals surface area contributed by atoms with Crippen LogP contribution in [0.25, 0.3) is 11.3 Å². The van der Waals surface area contributed by atoms with E-state index in [0.717, 1.165) is 22.8 Å². The Labute approximate surface area is 210 Å². The minimum atomic E-state index is -3.63. The van der Waals surface area contributed by atoms with E-state index in [0.29, 0.717) is 37.7 Å². The molecule has 0 N–H and O–H groups in total. The van der Waals surface area contributed by atoms with E-state index in [1.165, 1.54) is 28.6 Å². The topological polar surface area (TPSA) is 99.4 Å². The Balaban J connectivity index is 1.25. The highest BCUT2D eigenvalue weighted by molar-refractivity contribution is 7.89. The molecule has 1 aliphatic rings. The minimum Gasteiger partial charge on any atom is -0.457 e. The Morgan fingerprint density at radius 1 is 0.806 bits per heavy atom. The summed E-state index contributed by atoms with van der Waals surface area (Å²) >= 11 is 0. The van der Waals surface area contributed by atoms with E-state index >= 15 is 0 Å². The van der Waals surface area contributed by atoms with E-state index in [1.54, 1.807) is 6.20 Å². The zero-order valence-corrected chi connectivity index (χ0v) is 20.2. The molecule has 0 unspecified atom stereocenters. The number of aromatic nitrogens is 2. The maximum absolute atomic E-state index is 13.0. The fourth-order valence-electron chi connectivity index (χ4n) is 3.96. The summed E-state index contributed by atoms with van der Waals surface area (Å²) in [7, 11) is -3.63. The molecule has 0 amide bonds. The lowest BCUT2D eigenvalue weighted by Gasteiger charge is -2.34. The molecular weight excluding hydrogens is 474 g/mol. The summed E-state index contributed by atoms with van der Waals surface area (Å²) in [6.45, 7) is 1.59. The van der Waals surface area contributed by atoms with E-state index in [2.05, 4.69) is 4.98 Å². The average Bonchev–Trinajstić information content (AvgIpc) is 2.94. The van der Waals surface area contributed by atoms with Crippen molar-refractivity contribution in [2.75, 3.05) is 31.1 Å². The van der Waals surface area contributed by atoms with Crippen molar-refractivity contribution >= 4 is 16.0 Å². The first-order valence-corrected chi connectivity index (χ1v) is 12.9. The van der Waals surface area contributed by atoms with Crippen LogP contribution in [-0.2, 0) is 10.0 Å². The number of hydrogen-bond acceptors (Lipinski definition) is 7. The summed E-state index contributed by atoms with van der Waals surface area (Å²) < 4.78 is 33.3. The molecule has 0 saturated carbocycles. The van der Waals surface area contributed by atoms with Crippen molar-refractivity contribution in [3.63, 3.8) is 0 Å². The van der Waals surface area contributed by atoms with Gasteiger partial charge in [0.25, 0.3) is 0 Å². The Morgan fingerprint density at radius 2 is 1.47 bits per heavy atom. The molecule has 4 aromatic rings. The lowest BCUT2D eigenvalue weighted by atomic mass is 10.1. The van der Waals surface area contributed by atoms with Gasteiger partial charge in [-0.3, -0.25) is 0 Å². The van der Waals surface area contributed by atoms with E-state index in [-0.39, 0.29) is 4.90 Å². The maximum Gasteiger partial charge on any atom is 0.243 e. The first-order valence-electron chi connectivity index (χ1n) is 11.4. The predicted molar refractivity (Wildman–Crippen MR) is 136 cm³/mol. The van der Waals surface area contributed by atoms with E-state index in [1.807, 2.05) is 71.6 Å². The molecule has 1 aromatic heterocycles. The van der Waals surface area contributed by atoms with Crippen molar-refractivity contribution in [3.05, 3.63) is 96.7 Å². The molecule has 2 heterocycles. The van der Waals surface area contributed by atoms with Gasteiger partial charge in [-0.1, -0.05) is 18.2 Å². The lowest BCUT2D eigenvalue weighted by Crippen LogP contribution is -2.49. The minimum absolute atomic E-state index is 0.188. The van der Waals surface area contributed by atoms with Crippen LogP contribution >= 0.6 is 0 Å². The van der Waals surface area contributed by atoms with Gasteiger partial charge in [-0.05, 0) is 66.7 Å². The second-order valence-corrected chi connectivity index (χ2v) is 10.1. The van der Waals surface area contributed by atoms with Crippen molar-refractivity contribution in [1.82, 2.24) is 14.3 Å². The fourth-order valence-corrected chi connectivity index (χ4v) is 5.38. The molecule has 0 aliphatic carbocycles. The third-order valence-electron chi connectivity index (χ3n) is 5.91. The Kier molecular flexibility index (Phi) is 6.62. The van der Waals surface area contributed by atoms with E-state index in [9.17, 15) is 8.42 Å². The summed E-state index contributed by atoms with van der Waals surface area (Å²) in [6, 6.07) is 27.1. The van der Waals surface area contributed by atoms with Gasteiger partial charge < -0.3 is 9.64 Å². The van der Waals surface area contributed by atoms with Crippen LogP contribution in [0.1, 0.15) is 5.56 Å². The zero-order chi connectivity index (χ0) is 25.0. The summed E-state index contributed by atoms with van der Waals surface area (Å²) in [5, 5.41) is 8.94. The number of rotatable bonds is 6. The van der Waals surface area contributed by atoms with Gasteiger partial charge >= 0.3 is 0 Å². The molecule has 9 heteroatoms. The molecule has 0 atom stereocenters. The smallest absolute Gasteiger partial charge is 0.243 e. The van der Waals surface area contributed by atoms with Gasteiger partial charge in [-0.2, -0.15) is 9.57 Å². The van der Waals surface area contributed by atoms with Crippen molar-refractivity contribution in [1.29, 1.82) is 5.26 Å². The second-order valence-electron chi connectivity index (χ2n) is 8.21. The van der Waals surface area contributed by atoms with Crippen LogP contribution in [0.5, 0.6) is 11.5 Å². The summed E-state index contributed by atoms with van der Waals surface area (Å²) in [6.07, 6.45) is 1.71. The van der Waals surface area contributed by atoms with Gasteiger partial charge in [0.05, 0.1) is 22.2 Å². The zero-order valence-electron chi connectivity index (χ0n) is 19.4. The molecule has 1 saturated heterocycles. The fraction of sp³-hybridized carbons (Fsp3) is 0.148. The third kappa shape index (κ3) is 5.05. The number of benzene rings is 3. The van der Waals surface area contributed by atoms with Crippen LogP contribution in [0.2, 0.25) is 0 Å². The summed E-state index contributed by atoms with van der Waals surface area (Å²) in [5.74, 6) is 2.07. The molecule has 1 aliphatic heterocycles. The van der Waals surface area contributed by atoms with Gasteiger partial charge in [0, 0.05) is 37.9 Å². The van der Waals surface area contributed by atoms with Crippen molar-refractivity contribution in [3.8, 4) is 28.8 Å². The van der Waals surface area contributed by atoms with Gasteiger partial charge in [-0.25, -0.2) is 18.4 Å². The molecule has 8 nitrogen and oxygen atoms in total. The van der Waals surface area contributed by atoms with Crippen molar-refractivity contribution in [2.45, 2.75) is 4.90 Å². The number of piperazine rings is 1. The molecular formula is C27H23N5O3S. The number of anilines is 1. The van der Waals surface area contributed by atoms with Crippen LogP contribution in [0, 0.1) is 11.3 Å². The largest absolute Gasteiger partial charge is 0.457 e. The van der Waals surface area contributed by atoms with Crippen LogP contribution in [0.4, 0.5) is 5.95 Å². The highest BCUT2D eigenvalue weighted by Gasteiger charge is 2.29. The lowest BCUT2D eigenvalue weighted by molar-refractivity contribution is 0.382. The quantitative estimate of drug-likeness (QED) is 0.391. The summed E-state index contributed by atoms with van der Waals surface area (Å²) in [4.78, 5) is 11.3. The predicted octanol–water partition coefficient (Wildman–Crippen LogP) is 4.32. The van der Waals surface area contributed by atoms with Crippen LogP contribution in [0.15, 0.2) is 96.0 Å². The van der Waals surface area contributed by atoms with E-state index < -0.39 is 10.0 Å². The SMILES string of the molecule is N#Cc1ccc(S(=O)(=O)N2CCN(c3nccc(-c4ccc(Oc5ccccc5)cc4)n3)CC2)cc1. The molecule has 0 bridgehead atoms. The molecule has 180 valence electrons. The van der Waals surface area contributed by atoms with Gasteiger partial charge in [0.15, 0.2) is 0 Å². The number of nitriles is 1. The third-order valence-corrected chi connectivity index (χ3v) is 7.83. The van der Waals surface area contributed by atoms with Crippen LogP contribution in [0.3, 0.4) is 0 Å². The standard InChI is InChI=1S/C27H23N5O3S/c28-20-21-6-12-25(13-7-21)36(33,34)32-18-16-31(17-19-32)27-29-15-14-26(30-27)22-8-10-24(11-9-22)35-23-4-2-1-3-5-23/h1-15H,16-19H2.